The first-order valence-electron chi connectivity index (χ1n) is 23.5. The maximum atomic E-state index is 14.8. The molecule has 0 bridgehead atoms. The quantitative estimate of drug-likeness (QED) is 0.105. The van der Waals surface area contributed by atoms with Crippen molar-refractivity contribution in [2.45, 2.75) is 122 Å². The molecule has 5 fully saturated rings. The van der Waals surface area contributed by atoms with Crippen molar-refractivity contribution < 1.29 is 47.3 Å². The Labute approximate surface area is 398 Å². The number of fused-ring (bicyclic) bond motifs is 2. The summed E-state index contributed by atoms with van der Waals surface area (Å²) in [5.74, 6) is -0.618. The number of carbonyl (C=O) groups is 4. The number of alkyl halides is 2. The molecule has 5 aliphatic rings. The van der Waals surface area contributed by atoms with Gasteiger partial charge in [0.25, 0.3) is 6.43 Å². The number of ether oxygens (including phenoxy) is 3. The number of alkyl carbamates (subject to hydrolysis) is 1. The summed E-state index contributed by atoms with van der Waals surface area (Å²) in [6, 6.07) is 3.16. The Hall–Kier alpha value is -4.59. The van der Waals surface area contributed by atoms with Crippen molar-refractivity contribution in [1.82, 2.24) is 35.3 Å². The molecular weight excluding hydrogens is 910 g/mol. The Kier molecular flexibility index (Phi) is 14.4. The Morgan fingerprint density at radius 3 is 2.34 bits per heavy atom. The largest absolute Gasteiger partial charge is 0.491 e. The molecule has 67 heavy (non-hydrogen) atoms. The van der Waals surface area contributed by atoms with E-state index in [1.54, 1.807) is 23.1 Å². The van der Waals surface area contributed by atoms with Crippen LogP contribution >= 0.6 is 22.9 Å². The van der Waals surface area contributed by atoms with Gasteiger partial charge in [-0.3, -0.25) is 19.4 Å². The number of carboxylic acids is 1. The van der Waals surface area contributed by atoms with E-state index in [0.29, 0.717) is 96.5 Å². The van der Waals surface area contributed by atoms with Crippen molar-refractivity contribution in [3.63, 3.8) is 0 Å². The standard InChI is InChI=1S/C47H63ClF2N8O8S/c1-7-28-21-47(28,43(61)62)55-41(59)34-19-30(22-58(34)42(60)40(46(4,5)6)54-45(63)66-29-17-26-16-27(26)18-29)65-36-20-32(33-24-67-44(53-33)51-25(2)3)52-39-31(36)8-9-35(38(39)48)64-15-14-56-10-12-57(13-11-56)23-37(49)50/h8-9,20,24-30,34,37,40H,7,10-19,21-23H2,1-6H3,(H,51,53)(H,54,63)(H,55,59)(H,61,62)/t26-,27+,28-,29+,30-,34+,40-,47-/m1/s1. The van der Waals surface area contributed by atoms with Crippen molar-refractivity contribution in [3.05, 3.63) is 28.6 Å². The van der Waals surface area contributed by atoms with Gasteiger partial charge in [0.15, 0.2) is 5.13 Å². The minimum absolute atomic E-state index is 0.0137. The highest BCUT2D eigenvalue weighted by Gasteiger charge is 2.61. The number of hydrogen-bond acceptors (Lipinski definition) is 13. The number of amides is 3. The summed E-state index contributed by atoms with van der Waals surface area (Å²) in [5, 5.41) is 22.5. The molecule has 0 spiro atoms. The summed E-state index contributed by atoms with van der Waals surface area (Å²) in [7, 11) is 0. The number of halogens is 3. The lowest BCUT2D eigenvalue weighted by molar-refractivity contribution is -0.146. The molecule has 366 valence electrons. The summed E-state index contributed by atoms with van der Waals surface area (Å²) >= 11 is 8.53. The highest BCUT2D eigenvalue weighted by Crippen LogP contribution is 2.52. The Bertz CT molecular complexity index is 2320. The third-order valence-electron chi connectivity index (χ3n) is 13.9. The molecule has 2 aromatic heterocycles. The van der Waals surface area contributed by atoms with Crippen LogP contribution in [0.4, 0.5) is 18.7 Å². The van der Waals surface area contributed by atoms with E-state index in [-0.39, 0.29) is 49.0 Å². The lowest BCUT2D eigenvalue weighted by atomic mass is 9.85. The fourth-order valence-electron chi connectivity index (χ4n) is 9.95. The average molecular weight is 974 g/mol. The second-order valence-electron chi connectivity index (χ2n) is 20.3. The maximum absolute atomic E-state index is 14.8. The number of hydrogen-bond donors (Lipinski definition) is 4. The van der Waals surface area contributed by atoms with E-state index in [4.69, 9.17) is 35.8 Å². The van der Waals surface area contributed by atoms with Gasteiger partial charge in [0.1, 0.15) is 58.7 Å². The van der Waals surface area contributed by atoms with E-state index in [1.807, 2.05) is 46.9 Å². The molecular formula is C47H63ClF2N8O8S. The molecule has 3 saturated carbocycles. The smallest absolute Gasteiger partial charge is 0.408 e. The number of aromatic nitrogens is 2. The van der Waals surface area contributed by atoms with Crippen LogP contribution in [-0.4, -0.2) is 148 Å². The number of anilines is 1. The number of carboxylic acid groups (broad SMARTS) is 1. The van der Waals surface area contributed by atoms with E-state index in [0.717, 1.165) is 19.3 Å². The van der Waals surface area contributed by atoms with Gasteiger partial charge >= 0.3 is 12.1 Å². The van der Waals surface area contributed by atoms with Gasteiger partial charge in [-0.25, -0.2) is 28.3 Å². The third-order valence-corrected chi connectivity index (χ3v) is 15.0. The maximum Gasteiger partial charge on any atom is 0.408 e. The zero-order valence-electron chi connectivity index (χ0n) is 39.0. The van der Waals surface area contributed by atoms with Crippen LogP contribution in [0.25, 0.3) is 22.3 Å². The summed E-state index contributed by atoms with van der Waals surface area (Å²) in [4.78, 5) is 70.2. The van der Waals surface area contributed by atoms with Crippen LogP contribution in [0.5, 0.6) is 11.5 Å². The molecule has 0 radical (unpaired) electrons. The lowest BCUT2D eigenvalue weighted by Crippen LogP contribution is -2.59. The van der Waals surface area contributed by atoms with Gasteiger partial charge in [-0.1, -0.05) is 45.7 Å². The summed E-state index contributed by atoms with van der Waals surface area (Å²) < 4.78 is 44.7. The number of thiazole rings is 1. The Balaban J connectivity index is 1.06. The summed E-state index contributed by atoms with van der Waals surface area (Å²) in [5.41, 5.74) is -0.869. The zero-order chi connectivity index (χ0) is 47.9. The second-order valence-corrected chi connectivity index (χ2v) is 21.5. The minimum Gasteiger partial charge on any atom is -0.491 e. The lowest BCUT2D eigenvalue weighted by Gasteiger charge is -2.35. The number of benzene rings is 1. The minimum atomic E-state index is -2.37. The average Bonchev–Trinajstić information content (AvgIpc) is 3.93. The number of piperazine rings is 1. The van der Waals surface area contributed by atoms with Crippen molar-refractivity contribution >= 4 is 62.8 Å². The number of nitrogens with zero attached hydrogens (tertiary/aromatic N) is 5. The Morgan fingerprint density at radius 2 is 1.70 bits per heavy atom. The van der Waals surface area contributed by atoms with Crippen molar-refractivity contribution in [2.75, 3.05) is 57.7 Å². The van der Waals surface area contributed by atoms with Crippen molar-refractivity contribution in [2.24, 2.45) is 23.2 Å². The molecule has 2 aliphatic heterocycles. The molecule has 8 rings (SSSR count). The van der Waals surface area contributed by atoms with Gasteiger partial charge in [0.05, 0.1) is 24.3 Å². The van der Waals surface area contributed by atoms with Gasteiger partial charge < -0.3 is 40.2 Å². The topological polar surface area (TPSA) is 188 Å². The molecule has 16 nitrogen and oxygen atoms in total. The first-order valence-corrected chi connectivity index (χ1v) is 24.8. The molecule has 2 saturated heterocycles. The highest BCUT2D eigenvalue weighted by atomic mass is 35.5. The molecule has 1 aromatic carbocycles. The number of likely N-dealkylation sites (tertiary alicyclic amines) is 1. The monoisotopic (exact) mass is 972 g/mol. The number of pyridine rings is 1. The van der Waals surface area contributed by atoms with Crippen LogP contribution in [0, 0.1) is 23.2 Å². The number of aliphatic carboxylic acids is 1. The predicted octanol–water partition coefficient (Wildman–Crippen LogP) is 6.75. The number of rotatable bonds is 18. The third kappa shape index (κ3) is 11.2. The van der Waals surface area contributed by atoms with E-state index in [2.05, 4.69) is 20.9 Å². The van der Waals surface area contributed by atoms with E-state index < -0.39 is 59.4 Å². The summed E-state index contributed by atoms with van der Waals surface area (Å²) in [6.45, 7) is 14.3. The van der Waals surface area contributed by atoms with E-state index in [9.17, 15) is 33.1 Å². The molecule has 20 heteroatoms. The van der Waals surface area contributed by atoms with E-state index in [1.165, 1.54) is 16.2 Å². The fourth-order valence-corrected chi connectivity index (χ4v) is 11.1. The van der Waals surface area contributed by atoms with Crippen LogP contribution in [0.3, 0.4) is 0 Å². The van der Waals surface area contributed by atoms with Crippen molar-refractivity contribution in [3.8, 4) is 22.9 Å². The highest BCUT2D eigenvalue weighted by molar-refractivity contribution is 7.14. The second kappa shape index (κ2) is 19.8. The van der Waals surface area contributed by atoms with Crippen LogP contribution in [0.15, 0.2) is 23.6 Å². The first-order chi connectivity index (χ1) is 31.8. The van der Waals surface area contributed by atoms with Gasteiger partial charge in [-0.15, -0.1) is 11.3 Å². The number of nitrogens with one attached hydrogen (secondary N) is 3. The van der Waals surface area contributed by atoms with Gasteiger partial charge in [-0.2, -0.15) is 0 Å². The SMILES string of the molecule is CC[C@@H]1C[C@]1(NC(=O)[C@@H]1C[C@@H](Oc2cc(-c3csc(NC(C)C)n3)nc3c(Cl)c(OCCN4CCN(CC(F)F)CC4)ccc23)CN1C(=O)[C@@H](NC(=O)O[C@@H]1C[C@@H]2C[C@@H]2C1)C(C)(C)C)C(=O)O. The van der Waals surface area contributed by atoms with Crippen LogP contribution in [-0.2, 0) is 19.1 Å². The Morgan fingerprint density at radius 1 is 0.985 bits per heavy atom. The normalized spacial score (nSPS) is 26.6. The van der Waals surface area contributed by atoms with Crippen LogP contribution < -0.4 is 25.4 Å². The number of carbonyl (C=O) groups excluding carboxylic acids is 3. The van der Waals surface area contributed by atoms with Crippen molar-refractivity contribution in [1.29, 1.82) is 0 Å². The zero-order valence-corrected chi connectivity index (χ0v) is 40.6. The molecule has 4 heterocycles. The molecule has 8 atom stereocenters. The van der Waals surface area contributed by atoms with Crippen LogP contribution in [0.2, 0.25) is 5.02 Å². The molecule has 3 aliphatic carbocycles. The first kappa shape index (κ1) is 48.9. The fraction of sp³-hybridized carbons (Fsp3) is 0.660. The predicted molar refractivity (Wildman–Crippen MR) is 250 cm³/mol. The molecule has 3 amide bonds. The van der Waals surface area contributed by atoms with E-state index >= 15 is 0 Å². The molecule has 3 aromatic rings. The molecule has 4 N–H and O–H groups in total. The summed E-state index contributed by atoms with van der Waals surface area (Å²) in [6.07, 6.45) is -0.449. The van der Waals surface area contributed by atoms with Gasteiger partial charge in [-0.05, 0) is 74.8 Å². The molecule has 0 unspecified atom stereocenters. The van der Waals surface area contributed by atoms with Gasteiger partial charge in [0, 0.05) is 62.0 Å². The van der Waals surface area contributed by atoms with Gasteiger partial charge in [0.2, 0.25) is 11.8 Å². The van der Waals surface area contributed by atoms with Crippen LogP contribution in [0.1, 0.15) is 80.1 Å².